The Hall–Kier alpha value is -2.42. The minimum absolute atomic E-state index is 0.154. The van der Waals surface area contributed by atoms with Crippen LogP contribution in [0.3, 0.4) is 0 Å². The summed E-state index contributed by atoms with van der Waals surface area (Å²) in [4.78, 5) is 19.9. The minimum Gasteiger partial charge on any atom is -0.490 e. The van der Waals surface area contributed by atoms with E-state index in [4.69, 9.17) is 14.6 Å². The summed E-state index contributed by atoms with van der Waals surface area (Å²) in [6.07, 6.45) is 0. The van der Waals surface area contributed by atoms with Crippen molar-refractivity contribution in [2.75, 3.05) is 20.3 Å². The van der Waals surface area contributed by atoms with E-state index in [1.54, 1.807) is 0 Å². The maximum absolute atomic E-state index is 10.8. The van der Waals surface area contributed by atoms with Crippen molar-refractivity contribution >= 4 is 11.4 Å². The lowest BCUT2D eigenvalue weighted by atomic mass is 10.2. The van der Waals surface area contributed by atoms with Gasteiger partial charge in [0.15, 0.2) is 0 Å². The molecule has 1 aromatic carbocycles. The van der Waals surface area contributed by atoms with Gasteiger partial charge in [0.25, 0.3) is 0 Å². The molecule has 0 amide bonds. The van der Waals surface area contributed by atoms with Gasteiger partial charge in [0, 0.05) is 6.07 Å². The Morgan fingerprint density at radius 2 is 1.72 bits per heavy atom. The van der Waals surface area contributed by atoms with Crippen LogP contribution in [0.4, 0.5) is 11.4 Å². The topological polar surface area (TPSA) is 125 Å². The molecular formula is C9H10N2O7. The monoisotopic (exact) mass is 258 g/mol. The van der Waals surface area contributed by atoms with Gasteiger partial charge in [-0.15, -0.1) is 0 Å². The Morgan fingerprint density at radius 3 is 2.17 bits per heavy atom. The molecule has 0 aliphatic heterocycles. The van der Waals surface area contributed by atoms with E-state index in [-0.39, 0.29) is 24.7 Å². The van der Waals surface area contributed by atoms with E-state index in [1.165, 1.54) is 7.11 Å². The highest BCUT2D eigenvalue weighted by molar-refractivity contribution is 5.61. The molecule has 1 rings (SSSR count). The van der Waals surface area contributed by atoms with Crippen LogP contribution in [0.1, 0.15) is 0 Å². The molecule has 0 aliphatic carbocycles. The van der Waals surface area contributed by atoms with Crippen molar-refractivity contribution in [1.29, 1.82) is 0 Å². The second-order valence-corrected chi connectivity index (χ2v) is 3.08. The first-order valence-corrected chi connectivity index (χ1v) is 4.75. The molecule has 9 heteroatoms. The van der Waals surface area contributed by atoms with Crippen LogP contribution in [0.2, 0.25) is 0 Å². The van der Waals surface area contributed by atoms with Gasteiger partial charge in [0.1, 0.15) is 12.7 Å². The molecule has 1 aromatic rings. The predicted molar refractivity (Wildman–Crippen MR) is 58.9 cm³/mol. The SMILES string of the molecule is COc1cc(OCCO)c([N+](=O)[O-])cc1[N+](=O)[O-]. The summed E-state index contributed by atoms with van der Waals surface area (Å²) in [5.74, 6) is -0.352. The first-order valence-electron chi connectivity index (χ1n) is 4.75. The number of nitro groups is 2. The Balaban J connectivity index is 3.32. The number of hydrogen-bond acceptors (Lipinski definition) is 7. The van der Waals surface area contributed by atoms with Crippen molar-refractivity contribution in [2.45, 2.75) is 0 Å². The first-order chi connectivity index (χ1) is 8.51. The maximum Gasteiger partial charge on any atom is 0.318 e. The highest BCUT2D eigenvalue weighted by Crippen LogP contribution is 2.38. The van der Waals surface area contributed by atoms with Crippen LogP contribution in [0.25, 0.3) is 0 Å². The zero-order valence-corrected chi connectivity index (χ0v) is 9.36. The summed E-state index contributed by atoms with van der Waals surface area (Å²) in [5.41, 5.74) is -1.09. The van der Waals surface area contributed by atoms with Crippen LogP contribution in [0, 0.1) is 20.2 Å². The van der Waals surface area contributed by atoms with Gasteiger partial charge in [-0.2, -0.15) is 0 Å². The van der Waals surface area contributed by atoms with Gasteiger partial charge in [-0.1, -0.05) is 0 Å². The van der Waals surface area contributed by atoms with Gasteiger partial charge in [0.2, 0.25) is 11.5 Å². The quantitative estimate of drug-likeness (QED) is 0.592. The summed E-state index contributed by atoms with van der Waals surface area (Å²) >= 11 is 0. The van der Waals surface area contributed by atoms with Crippen LogP contribution < -0.4 is 9.47 Å². The largest absolute Gasteiger partial charge is 0.490 e. The molecule has 0 aliphatic rings. The number of nitro benzene ring substituents is 2. The van der Waals surface area contributed by atoms with Gasteiger partial charge >= 0.3 is 11.4 Å². The molecule has 0 saturated heterocycles. The van der Waals surface area contributed by atoms with Gasteiger partial charge in [0.05, 0.1) is 23.6 Å². The highest BCUT2D eigenvalue weighted by Gasteiger charge is 2.26. The third kappa shape index (κ3) is 2.83. The summed E-state index contributed by atoms with van der Waals surface area (Å²) < 4.78 is 9.69. The number of nitrogens with zero attached hydrogens (tertiary/aromatic N) is 2. The van der Waals surface area contributed by atoms with Gasteiger partial charge in [-0.05, 0) is 0 Å². The molecular weight excluding hydrogens is 248 g/mol. The number of aliphatic hydroxyl groups excluding tert-OH is 1. The number of aliphatic hydroxyl groups is 1. The standard InChI is InChI=1S/C9H10N2O7/c1-17-8-5-9(18-3-2-12)7(11(15)16)4-6(8)10(13)14/h4-5,12H,2-3H2,1H3. The van der Waals surface area contributed by atoms with E-state index >= 15 is 0 Å². The maximum atomic E-state index is 10.8. The molecule has 0 atom stereocenters. The Labute approximate surface area is 101 Å². The second-order valence-electron chi connectivity index (χ2n) is 3.08. The average molecular weight is 258 g/mol. The smallest absolute Gasteiger partial charge is 0.318 e. The minimum atomic E-state index is -0.806. The second kappa shape index (κ2) is 5.77. The molecule has 0 aromatic heterocycles. The van der Waals surface area contributed by atoms with Crippen molar-refractivity contribution in [3.8, 4) is 11.5 Å². The lowest BCUT2D eigenvalue weighted by molar-refractivity contribution is -0.395. The fraction of sp³-hybridized carbons (Fsp3) is 0.333. The molecule has 0 radical (unpaired) electrons. The number of hydrogen-bond donors (Lipinski definition) is 1. The molecule has 0 spiro atoms. The van der Waals surface area contributed by atoms with E-state index in [1.807, 2.05) is 0 Å². The van der Waals surface area contributed by atoms with Crippen molar-refractivity contribution in [3.05, 3.63) is 32.4 Å². The summed E-state index contributed by atoms with van der Waals surface area (Å²) in [7, 11) is 1.20. The Morgan fingerprint density at radius 1 is 1.17 bits per heavy atom. The van der Waals surface area contributed by atoms with E-state index in [9.17, 15) is 20.2 Å². The number of benzene rings is 1. The molecule has 0 saturated carbocycles. The number of rotatable bonds is 6. The van der Waals surface area contributed by atoms with Crippen molar-refractivity contribution in [1.82, 2.24) is 0 Å². The zero-order valence-electron chi connectivity index (χ0n) is 9.36. The third-order valence-electron chi connectivity index (χ3n) is 2.00. The van der Waals surface area contributed by atoms with Crippen molar-refractivity contribution in [3.63, 3.8) is 0 Å². The van der Waals surface area contributed by atoms with Crippen LogP contribution in [-0.2, 0) is 0 Å². The van der Waals surface area contributed by atoms with E-state index in [2.05, 4.69) is 0 Å². The highest BCUT2D eigenvalue weighted by atomic mass is 16.6. The van der Waals surface area contributed by atoms with Crippen LogP contribution in [0.15, 0.2) is 12.1 Å². The lowest BCUT2D eigenvalue weighted by Crippen LogP contribution is -2.05. The van der Waals surface area contributed by atoms with Crippen molar-refractivity contribution < 1.29 is 24.4 Å². The third-order valence-corrected chi connectivity index (χ3v) is 2.00. The van der Waals surface area contributed by atoms with E-state index < -0.39 is 21.2 Å². The fourth-order valence-electron chi connectivity index (χ4n) is 1.26. The average Bonchev–Trinajstić information content (AvgIpc) is 2.34. The molecule has 0 heterocycles. The summed E-state index contributed by atoms with van der Waals surface area (Å²) in [6, 6.07) is 1.80. The number of methoxy groups -OCH3 is 1. The number of ether oxygens (including phenoxy) is 2. The van der Waals surface area contributed by atoms with Gasteiger partial charge in [-0.25, -0.2) is 0 Å². The lowest BCUT2D eigenvalue weighted by Gasteiger charge is -2.07. The van der Waals surface area contributed by atoms with E-state index in [0.29, 0.717) is 0 Å². The van der Waals surface area contributed by atoms with Crippen molar-refractivity contribution in [2.24, 2.45) is 0 Å². The zero-order chi connectivity index (χ0) is 13.7. The molecule has 1 N–H and O–H groups in total. The molecule has 0 fully saturated rings. The van der Waals surface area contributed by atoms with Crippen LogP contribution in [0.5, 0.6) is 11.5 Å². The molecule has 9 nitrogen and oxygen atoms in total. The van der Waals surface area contributed by atoms with Crippen LogP contribution >= 0.6 is 0 Å². The molecule has 18 heavy (non-hydrogen) atoms. The van der Waals surface area contributed by atoms with Crippen LogP contribution in [-0.4, -0.2) is 35.3 Å². The molecule has 0 unspecified atom stereocenters. The summed E-state index contributed by atoms with van der Waals surface area (Å²) in [6.45, 7) is -0.502. The Kier molecular flexibility index (Phi) is 4.38. The fourth-order valence-corrected chi connectivity index (χ4v) is 1.26. The first kappa shape index (κ1) is 13.6. The normalized spacial score (nSPS) is 9.89. The van der Waals surface area contributed by atoms with Gasteiger partial charge in [-0.3, -0.25) is 20.2 Å². The Bertz CT molecular complexity index is 474. The molecule has 98 valence electrons. The van der Waals surface area contributed by atoms with E-state index in [0.717, 1.165) is 12.1 Å². The summed E-state index contributed by atoms with van der Waals surface area (Å²) in [5, 5.41) is 30.1. The predicted octanol–water partition coefficient (Wildman–Crippen LogP) is 0.883. The molecule has 0 bridgehead atoms. The van der Waals surface area contributed by atoms with Gasteiger partial charge < -0.3 is 14.6 Å².